The van der Waals surface area contributed by atoms with E-state index in [1.54, 1.807) is 17.6 Å². The van der Waals surface area contributed by atoms with Gasteiger partial charge in [0.05, 0.1) is 38.5 Å². The lowest BCUT2D eigenvalue weighted by Crippen LogP contribution is -2.39. The second kappa shape index (κ2) is 12.6. The van der Waals surface area contributed by atoms with Crippen molar-refractivity contribution < 1.29 is 9.53 Å². The Labute approximate surface area is 278 Å². The molecule has 4 aromatic carbocycles. The first-order valence-electron chi connectivity index (χ1n) is 14.8. The van der Waals surface area contributed by atoms with Gasteiger partial charge in [0, 0.05) is 34.8 Å². The zero-order valence-corrected chi connectivity index (χ0v) is 27.0. The molecule has 9 heteroatoms. The summed E-state index contributed by atoms with van der Waals surface area (Å²) in [6.07, 6.45) is 3.95. The zero-order chi connectivity index (χ0) is 31.8. The van der Waals surface area contributed by atoms with Crippen LogP contribution in [0.3, 0.4) is 0 Å². The Morgan fingerprint density at radius 3 is 2.39 bits per heavy atom. The molecule has 2 aromatic heterocycles. The van der Waals surface area contributed by atoms with Gasteiger partial charge < -0.3 is 9.30 Å². The lowest BCUT2D eigenvalue weighted by molar-refractivity contribution is -0.138. The molecule has 6 aromatic rings. The number of nitrogens with zero attached hydrogens (tertiary/aromatic N) is 3. The fourth-order valence-electron chi connectivity index (χ4n) is 5.89. The summed E-state index contributed by atoms with van der Waals surface area (Å²) in [5.41, 5.74) is 5.08. The molecule has 0 N–H and O–H groups in total. The first-order valence-corrected chi connectivity index (χ1v) is 16.4. The highest BCUT2D eigenvalue weighted by Gasteiger charge is 2.35. The van der Waals surface area contributed by atoms with E-state index in [0.717, 1.165) is 33.2 Å². The summed E-state index contributed by atoms with van der Waals surface area (Å²) in [6, 6.07) is 32.1. The van der Waals surface area contributed by atoms with Crippen LogP contribution in [0.5, 0.6) is 0 Å². The van der Waals surface area contributed by atoms with Gasteiger partial charge in [0.15, 0.2) is 4.80 Å². The highest BCUT2D eigenvalue weighted by molar-refractivity contribution is 7.07. The third kappa shape index (κ3) is 5.51. The molecule has 3 heterocycles. The van der Waals surface area contributed by atoms with E-state index in [1.807, 2.05) is 103 Å². The molecule has 0 fully saturated rings. The lowest BCUT2D eigenvalue weighted by Gasteiger charge is -2.25. The largest absolute Gasteiger partial charge is 0.463 e. The van der Waals surface area contributed by atoms with Crippen molar-refractivity contribution in [2.24, 2.45) is 4.99 Å². The number of fused-ring (bicyclic) bond motifs is 2. The van der Waals surface area contributed by atoms with E-state index in [4.69, 9.17) is 32.9 Å². The molecule has 0 aliphatic carbocycles. The normalized spacial score (nSPS) is 14.8. The van der Waals surface area contributed by atoms with Crippen LogP contribution in [-0.4, -0.2) is 21.7 Å². The van der Waals surface area contributed by atoms with E-state index >= 15 is 0 Å². The monoisotopic (exact) mass is 663 g/mol. The third-order valence-corrected chi connectivity index (χ3v) is 9.65. The van der Waals surface area contributed by atoms with Gasteiger partial charge in [0.2, 0.25) is 0 Å². The van der Waals surface area contributed by atoms with Crippen molar-refractivity contribution in [3.8, 4) is 0 Å². The van der Waals surface area contributed by atoms with Crippen LogP contribution < -0.4 is 14.9 Å². The molecule has 0 saturated carbocycles. The summed E-state index contributed by atoms with van der Waals surface area (Å²) in [4.78, 5) is 33.5. The smallest absolute Gasteiger partial charge is 0.338 e. The summed E-state index contributed by atoms with van der Waals surface area (Å²) < 4.78 is 9.83. The van der Waals surface area contributed by atoms with Gasteiger partial charge in [-0.3, -0.25) is 9.36 Å². The lowest BCUT2D eigenvalue weighted by atomic mass is 9.93. The van der Waals surface area contributed by atoms with Crippen molar-refractivity contribution in [3.63, 3.8) is 0 Å². The number of para-hydroxylation sites is 1. The molecule has 228 valence electrons. The molecule has 1 unspecified atom stereocenters. The maximum absolute atomic E-state index is 14.3. The number of thiazole rings is 1. The molecular weight excluding hydrogens is 637 g/mol. The van der Waals surface area contributed by atoms with Crippen LogP contribution >= 0.6 is 34.5 Å². The van der Waals surface area contributed by atoms with Crippen LogP contribution in [0.1, 0.15) is 35.2 Å². The van der Waals surface area contributed by atoms with Crippen LogP contribution in [0.4, 0.5) is 0 Å². The van der Waals surface area contributed by atoms with E-state index in [9.17, 15) is 9.59 Å². The van der Waals surface area contributed by atoms with Gasteiger partial charge in [-0.25, -0.2) is 9.79 Å². The SMILES string of the molecule is CCOC(=O)C1=C(c2ccccc2)N=c2s/c(=C/c3cn(Cc4ccc(Cl)c(Cl)c4)c4ccccc34)c(=O)n2C1c1ccccc1. The summed E-state index contributed by atoms with van der Waals surface area (Å²) in [6.45, 7) is 2.54. The number of carbonyl (C=O) groups is 1. The second-order valence-corrected chi connectivity index (χ2v) is 12.6. The molecule has 0 spiro atoms. The number of aromatic nitrogens is 2. The number of benzene rings is 4. The standard InChI is InChI=1S/C37H27Cl2N3O3S/c1-2-45-36(44)32-33(24-11-5-3-6-12-24)40-37-42(34(32)25-13-7-4-8-14-25)35(43)31(46-37)20-26-22-41(30-16-10-9-15-27(26)30)21-23-17-18-28(38)29(39)19-23/h3-20,22,34H,2,21H2,1H3/b31-20+. The summed E-state index contributed by atoms with van der Waals surface area (Å²) in [5, 5.41) is 2.02. The Kier molecular flexibility index (Phi) is 8.21. The van der Waals surface area contributed by atoms with E-state index < -0.39 is 12.0 Å². The molecule has 0 amide bonds. The Bertz CT molecular complexity index is 2320. The number of rotatable bonds is 7. The fourth-order valence-corrected chi connectivity index (χ4v) is 7.20. The molecule has 0 saturated heterocycles. The van der Waals surface area contributed by atoms with Crippen LogP contribution in [0.15, 0.2) is 125 Å². The van der Waals surface area contributed by atoms with Crippen LogP contribution in [0, 0.1) is 0 Å². The molecular formula is C37H27Cl2N3O3S. The van der Waals surface area contributed by atoms with Gasteiger partial charge in [-0.2, -0.15) is 0 Å². The number of esters is 1. The quantitative estimate of drug-likeness (QED) is 0.169. The Morgan fingerprint density at radius 1 is 0.935 bits per heavy atom. The topological polar surface area (TPSA) is 65.6 Å². The van der Waals surface area contributed by atoms with Crippen molar-refractivity contribution in [2.75, 3.05) is 6.61 Å². The van der Waals surface area contributed by atoms with E-state index in [0.29, 0.717) is 37.2 Å². The number of ether oxygens (including phenoxy) is 1. The minimum absolute atomic E-state index is 0.197. The summed E-state index contributed by atoms with van der Waals surface area (Å²) in [7, 11) is 0. The molecule has 1 atom stereocenters. The van der Waals surface area contributed by atoms with Gasteiger partial charge in [-0.1, -0.05) is 119 Å². The van der Waals surface area contributed by atoms with Gasteiger partial charge >= 0.3 is 5.97 Å². The van der Waals surface area contributed by atoms with Gasteiger partial charge in [0.25, 0.3) is 5.56 Å². The molecule has 0 radical (unpaired) electrons. The van der Waals surface area contributed by atoms with Gasteiger partial charge in [-0.05, 0) is 42.3 Å². The Morgan fingerprint density at radius 2 is 1.65 bits per heavy atom. The highest BCUT2D eigenvalue weighted by Crippen LogP contribution is 2.35. The van der Waals surface area contributed by atoms with Gasteiger partial charge in [0.1, 0.15) is 0 Å². The average Bonchev–Trinajstić information content (AvgIpc) is 3.58. The Hall–Kier alpha value is -4.69. The second-order valence-electron chi connectivity index (χ2n) is 10.8. The third-order valence-electron chi connectivity index (χ3n) is 7.93. The predicted molar refractivity (Wildman–Crippen MR) is 185 cm³/mol. The predicted octanol–water partition coefficient (Wildman–Crippen LogP) is 7.25. The van der Waals surface area contributed by atoms with Crippen molar-refractivity contribution >= 4 is 63.2 Å². The zero-order valence-electron chi connectivity index (χ0n) is 24.7. The average molecular weight is 665 g/mol. The number of hydrogen-bond acceptors (Lipinski definition) is 5. The number of hydrogen-bond donors (Lipinski definition) is 0. The number of carbonyl (C=O) groups excluding carboxylic acids is 1. The van der Waals surface area contributed by atoms with Crippen molar-refractivity contribution in [2.45, 2.75) is 19.5 Å². The minimum atomic E-state index is -0.718. The van der Waals surface area contributed by atoms with Crippen molar-refractivity contribution in [1.29, 1.82) is 0 Å². The number of halogens is 2. The van der Waals surface area contributed by atoms with Crippen molar-refractivity contribution in [3.05, 3.63) is 167 Å². The molecule has 7 rings (SSSR count). The molecule has 1 aliphatic heterocycles. The highest BCUT2D eigenvalue weighted by atomic mass is 35.5. The van der Waals surface area contributed by atoms with E-state index in [1.165, 1.54) is 11.3 Å². The van der Waals surface area contributed by atoms with Gasteiger partial charge in [-0.15, -0.1) is 0 Å². The van der Waals surface area contributed by atoms with E-state index in [-0.39, 0.29) is 12.2 Å². The van der Waals surface area contributed by atoms with Crippen LogP contribution in [0.25, 0.3) is 22.7 Å². The summed E-state index contributed by atoms with van der Waals surface area (Å²) >= 11 is 13.8. The van der Waals surface area contributed by atoms with Crippen molar-refractivity contribution in [1.82, 2.24) is 9.13 Å². The van der Waals surface area contributed by atoms with Crippen LogP contribution in [-0.2, 0) is 16.1 Å². The maximum atomic E-state index is 14.3. The molecule has 1 aliphatic rings. The summed E-state index contributed by atoms with van der Waals surface area (Å²) in [5.74, 6) is -0.501. The molecule has 46 heavy (non-hydrogen) atoms. The minimum Gasteiger partial charge on any atom is -0.463 e. The maximum Gasteiger partial charge on any atom is 0.338 e. The van der Waals surface area contributed by atoms with Crippen LogP contribution in [0.2, 0.25) is 10.0 Å². The molecule has 0 bridgehead atoms. The first kappa shape index (κ1) is 30.0. The molecule has 6 nitrogen and oxygen atoms in total. The first-order chi connectivity index (χ1) is 22.4. The Balaban J connectivity index is 1.43. The van der Waals surface area contributed by atoms with E-state index in [2.05, 4.69) is 10.6 Å². The fraction of sp³-hybridized carbons (Fsp3) is 0.108.